The fraction of sp³-hybridized carbons (Fsp3) is 1.00. The molecular weight excluding hydrogens is 154 g/mol. The van der Waals surface area contributed by atoms with Crippen LogP contribution in [0.4, 0.5) is 0 Å². The third kappa shape index (κ3) is 2.99. The van der Waals surface area contributed by atoms with Crippen molar-refractivity contribution < 1.29 is 0 Å². The highest BCUT2D eigenvalue weighted by Crippen LogP contribution is 2.13. The van der Waals surface area contributed by atoms with Crippen LogP contribution in [-0.2, 0) is 0 Å². The summed E-state index contributed by atoms with van der Waals surface area (Å²) in [6.45, 7) is 9.63. The minimum Gasteiger partial charge on any atom is -0.353 e. The van der Waals surface area contributed by atoms with Crippen molar-refractivity contribution >= 4 is 17.9 Å². The zero-order chi connectivity index (χ0) is 8.20. The van der Waals surface area contributed by atoms with E-state index in [9.17, 15) is 0 Å². The van der Waals surface area contributed by atoms with Crippen molar-refractivity contribution in [3.8, 4) is 0 Å². The zero-order valence-corrected chi connectivity index (χ0v) is 10.5. The van der Waals surface area contributed by atoms with E-state index in [2.05, 4.69) is 37.8 Å². The topological polar surface area (TPSA) is 3.24 Å². The summed E-state index contributed by atoms with van der Waals surface area (Å²) in [7, 11) is 1.51. The maximum absolute atomic E-state index is 2.68. The fourth-order valence-corrected chi connectivity index (χ4v) is 6.73. The molecule has 0 N–H and O–H groups in total. The number of hydrogen-bond donors (Lipinski definition) is 0. The van der Waals surface area contributed by atoms with Gasteiger partial charge in [0.15, 0.2) is 0 Å². The lowest BCUT2D eigenvalue weighted by Crippen LogP contribution is -2.47. The molecule has 0 bridgehead atoms. The molecule has 0 aliphatic carbocycles. The van der Waals surface area contributed by atoms with Gasteiger partial charge in [-0.3, -0.25) is 0 Å². The Bertz CT molecular complexity index is 93.6. The Balaban J connectivity index is 3.82. The summed E-state index contributed by atoms with van der Waals surface area (Å²) in [5, 5.41) is 0. The molecule has 0 rings (SSSR count). The first-order chi connectivity index (χ1) is 4.54. The molecule has 0 heterocycles. The van der Waals surface area contributed by atoms with Crippen LogP contribution in [0.2, 0.25) is 25.7 Å². The van der Waals surface area contributed by atoms with Gasteiger partial charge in [-0.15, -0.1) is 0 Å². The van der Waals surface area contributed by atoms with Gasteiger partial charge in [0.2, 0.25) is 0 Å². The molecule has 1 nitrogen and oxygen atoms in total. The number of nitrogens with zero attached hydrogens (tertiary/aromatic N) is 1. The fourth-order valence-electron chi connectivity index (χ4n) is 1.23. The second kappa shape index (κ2) is 4.31. The van der Waals surface area contributed by atoms with E-state index in [4.69, 9.17) is 0 Å². The summed E-state index contributed by atoms with van der Waals surface area (Å²) in [6, 6.07) is 1.46. The summed E-state index contributed by atoms with van der Waals surface area (Å²) in [5.41, 5.74) is 0. The smallest absolute Gasteiger partial charge is 0.114 e. The highest BCUT2D eigenvalue weighted by molar-refractivity contribution is 6.79. The Morgan fingerprint density at radius 3 is 2.20 bits per heavy atom. The molecule has 10 heavy (non-hydrogen) atoms. The van der Waals surface area contributed by atoms with Crippen LogP contribution in [0.15, 0.2) is 0 Å². The average Bonchev–Trinajstić information content (AvgIpc) is 1.86. The summed E-state index contributed by atoms with van der Waals surface area (Å²) >= 11 is 0. The van der Waals surface area contributed by atoms with Gasteiger partial charge >= 0.3 is 0 Å². The molecule has 0 atom stereocenters. The molecule has 0 aliphatic heterocycles. The van der Waals surface area contributed by atoms with Gasteiger partial charge in [-0.25, -0.2) is 0 Å². The van der Waals surface area contributed by atoms with Crippen LogP contribution in [0.5, 0.6) is 0 Å². The Morgan fingerprint density at radius 1 is 1.40 bits per heavy atom. The van der Waals surface area contributed by atoms with Crippen LogP contribution < -0.4 is 0 Å². The molecule has 0 unspecified atom stereocenters. The van der Waals surface area contributed by atoms with Gasteiger partial charge in [0, 0.05) is 0 Å². The molecule has 62 valence electrons. The van der Waals surface area contributed by atoms with Crippen LogP contribution in [0, 0.1) is 0 Å². The van der Waals surface area contributed by atoms with Gasteiger partial charge < -0.3 is 4.23 Å². The molecule has 0 saturated carbocycles. The summed E-state index contributed by atoms with van der Waals surface area (Å²) in [6.07, 6.45) is 1.36. The van der Waals surface area contributed by atoms with E-state index in [1.54, 1.807) is 0 Å². The van der Waals surface area contributed by atoms with Crippen molar-refractivity contribution in [1.82, 2.24) is 4.23 Å². The maximum atomic E-state index is 2.68. The molecule has 0 aromatic heterocycles. The van der Waals surface area contributed by atoms with Gasteiger partial charge in [0.1, 0.15) is 8.24 Å². The van der Waals surface area contributed by atoms with Gasteiger partial charge in [-0.2, -0.15) is 0 Å². The van der Waals surface area contributed by atoms with Gasteiger partial charge in [-0.05, 0) is 13.1 Å². The highest BCUT2D eigenvalue weighted by atomic mass is 28.4. The molecule has 0 amide bonds. The van der Waals surface area contributed by atoms with E-state index in [1.165, 1.54) is 12.5 Å². The van der Waals surface area contributed by atoms with Crippen LogP contribution in [0.3, 0.4) is 0 Å². The Labute approximate surface area is 68.8 Å². The number of rotatable bonds is 4. The Kier molecular flexibility index (Phi) is 4.48. The van der Waals surface area contributed by atoms with E-state index in [0.29, 0.717) is 0 Å². The molecule has 0 fully saturated rings. The van der Waals surface area contributed by atoms with Crippen LogP contribution >= 0.6 is 0 Å². The normalized spacial score (nSPS) is 13.8. The first-order valence-corrected chi connectivity index (χ1v) is 9.46. The monoisotopic (exact) mass is 175 g/mol. The lowest BCUT2D eigenvalue weighted by molar-refractivity contribution is 0.775. The third-order valence-corrected chi connectivity index (χ3v) is 10.6. The number of hydrogen-bond acceptors (Lipinski definition) is 1. The second-order valence-corrected chi connectivity index (χ2v) is 10.7. The Hall–Kier alpha value is 0.394. The first-order valence-electron chi connectivity index (χ1n) is 4.25. The van der Waals surface area contributed by atoms with Crippen molar-refractivity contribution in [2.75, 3.05) is 7.05 Å². The maximum Gasteiger partial charge on any atom is 0.114 e. The van der Waals surface area contributed by atoms with E-state index in [-0.39, 0.29) is 9.68 Å². The quantitative estimate of drug-likeness (QED) is 0.588. The summed E-state index contributed by atoms with van der Waals surface area (Å²) < 4.78 is 2.68. The molecule has 0 spiro atoms. The molecule has 0 radical (unpaired) electrons. The van der Waals surface area contributed by atoms with Crippen molar-refractivity contribution in [3.05, 3.63) is 0 Å². The largest absolute Gasteiger partial charge is 0.353 e. The predicted octanol–water partition coefficient (Wildman–Crippen LogP) is 1.67. The van der Waals surface area contributed by atoms with Gasteiger partial charge in [-0.1, -0.05) is 33.0 Å². The summed E-state index contributed by atoms with van der Waals surface area (Å²) in [5.74, 6) is 0. The van der Waals surface area contributed by atoms with Crippen LogP contribution in [0.1, 0.15) is 13.3 Å². The van der Waals surface area contributed by atoms with Crippen molar-refractivity contribution in [3.63, 3.8) is 0 Å². The molecular formula is C7H21NSi2. The molecule has 0 aromatic carbocycles. The van der Waals surface area contributed by atoms with Crippen LogP contribution in [0.25, 0.3) is 0 Å². The molecule has 0 aliphatic rings. The molecule has 0 saturated heterocycles. The van der Waals surface area contributed by atoms with Crippen LogP contribution in [-0.4, -0.2) is 29.2 Å². The lowest BCUT2D eigenvalue weighted by atomic mass is 10.6. The zero-order valence-electron chi connectivity index (χ0n) is 8.07. The van der Waals surface area contributed by atoms with Gasteiger partial charge in [0.25, 0.3) is 0 Å². The van der Waals surface area contributed by atoms with Crippen molar-refractivity contribution in [1.29, 1.82) is 0 Å². The Morgan fingerprint density at radius 2 is 1.90 bits per heavy atom. The first kappa shape index (κ1) is 10.4. The third-order valence-electron chi connectivity index (χ3n) is 2.37. The van der Waals surface area contributed by atoms with E-state index < -0.39 is 8.24 Å². The molecule has 3 heteroatoms. The van der Waals surface area contributed by atoms with E-state index in [0.717, 1.165) is 0 Å². The van der Waals surface area contributed by atoms with E-state index in [1.807, 2.05) is 0 Å². The average molecular weight is 175 g/mol. The predicted molar refractivity (Wildman–Crippen MR) is 54.8 cm³/mol. The second-order valence-electron chi connectivity index (χ2n) is 3.58. The minimum absolute atomic E-state index is 0.109. The van der Waals surface area contributed by atoms with Crippen molar-refractivity contribution in [2.24, 2.45) is 0 Å². The highest BCUT2D eigenvalue weighted by Gasteiger charge is 2.23. The van der Waals surface area contributed by atoms with Crippen molar-refractivity contribution in [2.45, 2.75) is 39.0 Å². The molecule has 0 aromatic rings. The standard InChI is InChI=1S/C7H21NSi2/c1-6-7-10(4,5)8(2)9-3/h6-7,9H2,1-5H3. The SMILES string of the molecule is CCC[Si](C)(C)N(C)[SiH2]C. The van der Waals surface area contributed by atoms with Gasteiger partial charge in [0.05, 0.1) is 9.68 Å². The summed E-state index contributed by atoms with van der Waals surface area (Å²) in [4.78, 5) is 0. The lowest BCUT2D eigenvalue weighted by Gasteiger charge is -2.32. The minimum atomic E-state index is -0.912. The van der Waals surface area contributed by atoms with E-state index >= 15 is 0 Å².